The zero-order valence-electron chi connectivity index (χ0n) is 16.9. The predicted molar refractivity (Wildman–Crippen MR) is 113 cm³/mol. The van der Waals surface area contributed by atoms with E-state index in [2.05, 4.69) is 23.7 Å². The Morgan fingerprint density at radius 2 is 2.13 bits per heavy atom. The van der Waals surface area contributed by atoms with Crippen molar-refractivity contribution in [2.75, 3.05) is 20.2 Å². The number of aromatic nitrogens is 2. The first kappa shape index (κ1) is 18.4. The number of likely N-dealkylation sites (tertiary alicyclic amines) is 1. The molecule has 3 heterocycles. The Morgan fingerprint density at radius 3 is 2.87 bits per heavy atom. The maximum atomic E-state index is 13.3. The third-order valence-electron chi connectivity index (χ3n) is 6.16. The molecule has 0 aliphatic carbocycles. The molecule has 0 radical (unpaired) electrons. The second kappa shape index (κ2) is 6.73. The molecule has 7 heteroatoms. The van der Waals surface area contributed by atoms with Gasteiger partial charge in [-0.2, -0.15) is 5.10 Å². The van der Waals surface area contributed by atoms with Gasteiger partial charge in [-0.05, 0) is 47.9 Å². The summed E-state index contributed by atoms with van der Waals surface area (Å²) in [6.07, 6.45) is 3.12. The van der Waals surface area contributed by atoms with E-state index in [1.54, 1.807) is 12.0 Å². The van der Waals surface area contributed by atoms with Crippen LogP contribution in [-0.4, -0.2) is 58.1 Å². The molecule has 1 aromatic heterocycles. The van der Waals surface area contributed by atoms with Crippen LogP contribution in [0.3, 0.4) is 0 Å². The van der Waals surface area contributed by atoms with Crippen LogP contribution in [0.25, 0.3) is 22.0 Å². The summed E-state index contributed by atoms with van der Waals surface area (Å²) >= 11 is 0. The Hall–Kier alpha value is -3.61. The van der Waals surface area contributed by atoms with Crippen LogP contribution in [0.1, 0.15) is 21.5 Å². The lowest BCUT2D eigenvalue weighted by Crippen LogP contribution is -2.60. The van der Waals surface area contributed by atoms with E-state index in [0.717, 1.165) is 33.2 Å². The van der Waals surface area contributed by atoms with E-state index < -0.39 is 0 Å². The van der Waals surface area contributed by atoms with Crippen LogP contribution in [0.2, 0.25) is 0 Å². The molecule has 0 saturated carbocycles. The quantitative estimate of drug-likeness (QED) is 0.681. The summed E-state index contributed by atoms with van der Waals surface area (Å²) in [5, 5.41) is 8.19. The lowest BCUT2D eigenvalue weighted by atomic mass is 9.94. The number of rotatable bonds is 4. The van der Waals surface area contributed by atoms with E-state index in [1.165, 1.54) is 6.08 Å². The van der Waals surface area contributed by atoms with Gasteiger partial charge in [-0.3, -0.25) is 14.7 Å². The van der Waals surface area contributed by atoms with Crippen LogP contribution < -0.4 is 4.74 Å². The van der Waals surface area contributed by atoms with E-state index in [1.807, 2.05) is 35.4 Å². The Kier molecular flexibility index (Phi) is 4.13. The van der Waals surface area contributed by atoms with Crippen molar-refractivity contribution in [1.82, 2.24) is 20.0 Å². The van der Waals surface area contributed by atoms with Crippen molar-refractivity contribution in [2.45, 2.75) is 19.5 Å². The van der Waals surface area contributed by atoms with Gasteiger partial charge in [0.1, 0.15) is 5.75 Å². The molecule has 2 aliphatic heterocycles. The van der Waals surface area contributed by atoms with Crippen molar-refractivity contribution in [3.05, 3.63) is 59.8 Å². The number of fused-ring (bicyclic) bond motifs is 2. The van der Waals surface area contributed by atoms with Crippen molar-refractivity contribution < 1.29 is 14.3 Å². The Labute approximate surface area is 173 Å². The first-order valence-electron chi connectivity index (χ1n) is 9.88. The number of hydrogen-bond donors (Lipinski definition) is 1. The van der Waals surface area contributed by atoms with Gasteiger partial charge >= 0.3 is 0 Å². The van der Waals surface area contributed by atoms with Crippen molar-refractivity contribution in [3.63, 3.8) is 0 Å². The molecule has 0 unspecified atom stereocenters. The predicted octanol–water partition coefficient (Wildman–Crippen LogP) is 2.90. The lowest BCUT2D eigenvalue weighted by molar-refractivity contribution is -0.132. The average molecular weight is 402 g/mol. The van der Waals surface area contributed by atoms with Crippen LogP contribution in [0.15, 0.2) is 43.1 Å². The fourth-order valence-electron chi connectivity index (χ4n) is 4.49. The van der Waals surface area contributed by atoms with Crippen molar-refractivity contribution >= 4 is 22.7 Å². The van der Waals surface area contributed by atoms with Crippen LogP contribution >= 0.6 is 0 Å². The van der Waals surface area contributed by atoms with Gasteiger partial charge in [-0.1, -0.05) is 12.6 Å². The van der Waals surface area contributed by atoms with Gasteiger partial charge in [-0.15, -0.1) is 0 Å². The first-order chi connectivity index (χ1) is 14.5. The minimum atomic E-state index is -0.0982. The maximum absolute atomic E-state index is 13.3. The van der Waals surface area contributed by atoms with E-state index in [9.17, 15) is 9.59 Å². The van der Waals surface area contributed by atoms with Crippen LogP contribution in [0.4, 0.5) is 0 Å². The monoisotopic (exact) mass is 402 g/mol. The third kappa shape index (κ3) is 2.62. The number of aryl methyl sites for hydroxylation is 1. The smallest absolute Gasteiger partial charge is 0.255 e. The minimum absolute atomic E-state index is 0.0148. The number of benzene rings is 2. The lowest BCUT2D eigenvalue weighted by Gasteiger charge is -2.43. The fraction of sp³-hybridized carbons (Fsp3) is 0.261. The number of nitrogens with zero attached hydrogens (tertiary/aromatic N) is 3. The van der Waals surface area contributed by atoms with Crippen molar-refractivity contribution in [1.29, 1.82) is 0 Å². The first-order valence-corrected chi connectivity index (χ1v) is 9.88. The van der Waals surface area contributed by atoms with Crippen molar-refractivity contribution in [2.24, 2.45) is 0 Å². The highest BCUT2D eigenvalue weighted by Crippen LogP contribution is 2.40. The summed E-state index contributed by atoms with van der Waals surface area (Å²) < 4.78 is 5.68. The molecule has 0 bridgehead atoms. The highest BCUT2D eigenvalue weighted by atomic mass is 16.5. The molecule has 3 aromatic rings. The van der Waals surface area contributed by atoms with Gasteiger partial charge in [0.25, 0.3) is 5.91 Å². The molecule has 2 amide bonds. The van der Waals surface area contributed by atoms with E-state index in [0.29, 0.717) is 30.9 Å². The largest absolute Gasteiger partial charge is 0.496 e. The Morgan fingerprint density at radius 1 is 1.33 bits per heavy atom. The summed E-state index contributed by atoms with van der Waals surface area (Å²) in [4.78, 5) is 28.5. The number of carbonyl (C=O) groups excluding carboxylic acids is 2. The molecular formula is C23H22N4O3. The SMILES string of the molecule is C=CC(=O)N1CC(N2Cc3c(OC)cc(-c4c(C)ccc5[nH]ncc45)cc3C2=O)C1. The Balaban J connectivity index is 1.53. The number of carbonyl (C=O) groups is 2. The maximum Gasteiger partial charge on any atom is 0.255 e. The summed E-state index contributed by atoms with van der Waals surface area (Å²) in [5.74, 6) is 0.591. The molecule has 2 aliphatic rings. The standard InChI is InChI=1S/C23H22N4O3/c1-4-21(28)26-10-15(11-26)27-12-18-16(23(27)29)7-14(8-20(18)30-3)22-13(2)5-6-19-17(22)9-24-25-19/h4-9,15H,1,10-12H2,2-3H3,(H,24,25). The zero-order valence-corrected chi connectivity index (χ0v) is 16.9. The van der Waals surface area contributed by atoms with Crippen LogP contribution in [0.5, 0.6) is 5.75 Å². The number of methoxy groups -OCH3 is 1. The number of nitrogens with one attached hydrogen (secondary N) is 1. The third-order valence-corrected chi connectivity index (χ3v) is 6.16. The van der Waals surface area contributed by atoms with E-state index in [-0.39, 0.29) is 17.9 Å². The minimum Gasteiger partial charge on any atom is -0.496 e. The summed E-state index contributed by atoms with van der Waals surface area (Å²) in [6, 6.07) is 8.02. The normalized spacial score (nSPS) is 16.0. The van der Waals surface area contributed by atoms with Gasteiger partial charge in [0.05, 0.1) is 31.4 Å². The molecule has 1 fully saturated rings. The topological polar surface area (TPSA) is 78.5 Å². The molecule has 0 atom stereocenters. The molecule has 5 rings (SSSR count). The van der Waals surface area contributed by atoms with Crippen molar-refractivity contribution in [3.8, 4) is 16.9 Å². The highest BCUT2D eigenvalue weighted by Gasteiger charge is 2.41. The van der Waals surface area contributed by atoms with Gasteiger partial charge in [0, 0.05) is 29.6 Å². The molecule has 1 saturated heterocycles. The number of amides is 2. The highest BCUT2D eigenvalue weighted by molar-refractivity contribution is 6.03. The molecule has 0 spiro atoms. The molecule has 2 aromatic carbocycles. The molecule has 1 N–H and O–H groups in total. The van der Waals surface area contributed by atoms with Gasteiger partial charge in [0.2, 0.25) is 5.91 Å². The number of aromatic amines is 1. The molecule has 7 nitrogen and oxygen atoms in total. The number of hydrogen-bond acceptors (Lipinski definition) is 4. The molecular weight excluding hydrogens is 380 g/mol. The van der Waals surface area contributed by atoms with Gasteiger partial charge < -0.3 is 14.5 Å². The summed E-state index contributed by atoms with van der Waals surface area (Å²) in [7, 11) is 1.63. The summed E-state index contributed by atoms with van der Waals surface area (Å²) in [5.41, 5.74) is 5.59. The van der Waals surface area contributed by atoms with E-state index in [4.69, 9.17) is 4.74 Å². The Bertz CT molecular complexity index is 1210. The second-order valence-electron chi connectivity index (χ2n) is 7.83. The van der Waals surface area contributed by atoms with Gasteiger partial charge in [-0.25, -0.2) is 0 Å². The zero-order chi connectivity index (χ0) is 21.0. The fourth-order valence-corrected chi connectivity index (χ4v) is 4.49. The number of H-pyrrole nitrogens is 1. The molecule has 152 valence electrons. The van der Waals surface area contributed by atoms with E-state index >= 15 is 0 Å². The summed E-state index contributed by atoms with van der Waals surface area (Å²) in [6.45, 7) is 7.14. The van der Waals surface area contributed by atoms with Crippen LogP contribution in [-0.2, 0) is 11.3 Å². The van der Waals surface area contributed by atoms with Gasteiger partial charge in [0.15, 0.2) is 0 Å². The second-order valence-corrected chi connectivity index (χ2v) is 7.83. The average Bonchev–Trinajstić information content (AvgIpc) is 3.31. The molecule has 30 heavy (non-hydrogen) atoms. The number of ether oxygens (including phenoxy) is 1. The van der Waals surface area contributed by atoms with Crippen LogP contribution in [0, 0.1) is 6.92 Å².